The van der Waals surface area contributed by atoms with Crippen LogP contribution in [0, 0.1) is 0 Å². The predicted octanol–water partition coefficient (Wildman–Crippen LogP) is 2.93. The molecule has 0 unspecified atom stereocenters. The summed E-state index contributed by atoms with van der Waals surface area (Å²) < 4.78 is 0. The zero-order valence-corrected chi connectivity index (χ0v) is 15.2. The average molecular weight is 340 g/mol. The first-order chi connectivity index (χ1) is 11.9. The van der Waals surface area contributed by atoms with E-state index in [1.807, 2.05) is 48.2 Å². The van der Waals surface area contributed by atoms with Crippen LogP contribution < -0.4 is 15.1 Å². The van der Waals surface area contributed by atoms with Crippen molar-refractivity contribution in [2.45, 2.75) is 32.6 Å². The molecule has 2 aromatic rings. The van der Waals surface area contributed by atoms with Gasteiger partial charge in [-0.15, -0.1) is 0 Å². The summed E-state index contributed by atoms with van der Waals surface area (Å²) in [7, 11) is 3.81. The number of hydrogen-bond donors (Lipinski definition) is 1. The Kier molecular flexibility index (Phi) is 4.83. The second-order valence-electron chi connectivity index (χ2n) is 6.69. The molecule has 2 heterocycles. The minimum atomic E-state index is 0.175. The molecule has 0 bridgehead atoms. The molecular weight excluding hydrogens is 316 g/mol. The van der Waals surface area contributed by atoms with Gasteiger partial charge in [0, 0.05) is 44.4 Å². The fourth-order valence-corrected chi connectivity index (χ4v) is 2.70. The fraction of sp³-hybridized carbons (Fsp3) is 0.444. The number of benzene rings is 1. The lowest BCUT2D eigenvalue weighted by Crippen LogP contribution is -2.23. The van der Waals surface area contributed by atoms with Gasteiger partial charge in [0.05, 0.1) is 0 Å². The van der Waals surface area contributed by atoms with Crippen molar-refractivity contribution in [2.24, 2.45) is 0 Å². The second kappa shape index (κ2) is 7.04. The summed E-state index contributed by atoms with van der Waals surface area (Å²) in [6, 6.07) is 7.78. The third kappa shape index (κ3) is 3.87. The SMILES string of the molecule is CC(C)c1nc(Nc2cccc(N3CCCC3=O)c2)nc(N(C)C)n1. The highest BCUT2D eigenvalue weighted by Gasteiger charge is 2.21. The largest absolute Gasteiger partial charge is 0.347 e. The van der Waals surface area contributed by atoms with Crippen LogP contribution in [-0.2, 0) is 4.79 Å². The number of carbonyl (C=O) groups excluding carboxylic acids is 1. The van der Waals surface area contributed by atoms with E-state index < -0.39 is 0 Å². The van der Waals surface area contributed by atoms with E-state index >= 15 is 0 Å². The van der Waals surface area contributed by atoms with E-state index in [1.165, 1.54) is 0 Å². The third-order valence-corrected chi connectivity index (χ3v) is 4.04. The summed E-state index contributed by atoms with van der Waals surface area (Å²) in [5, 5.41) is 3.25. The van der Waals surface area contributed by atoms with Crippen LogP contribution in [0.25, 0.3) is 0 Å². The number of anilines is 4. The van der Waals surface area contributed by atoms with Crippen molar-refractivity contribution in [1.82, 2.24) is 15.0 Å². The van der Waals surface area contributed by atoms with Crippen LogP contribution in [0.4, 0.5) is 23.3 Å². The van der Waals surface area contributed by atoms with E-state index in [4.69, 9.17) is 0 Å². The first-order valence-corrected chi connectivity index (χ1v) is 8.55. The Balaban J connectivity index is 1.88. The maximum absolute atomic E-state index is 12.0. The number of amides is 1. The van der Waals surface area contributed by atoms with E-state index in [0.717, 1.165) is 30.2 Å². The van der Waals surface area contributed by atoms with Crippen LogP contribution in [0.5, 0.6) is 0 Å². The van der Waals surface area contributed by atoms with Gasteiger partial charge < -0.3 is 15.1 Å². The molecule has 0 saturated carbocycles. The molecule has 25 heavy (non-hydrogen) atoms. The van der Waals surface area contributed by atoms with Gasteiger partial charge in [0.15, 0.2) is 0 Å². The van der Waals surface area contributed by atoms with Crippen molar-refractivity contribution in [1.29, 1.82) is 0 Å². The maximum atomic E-state index is 12.0. The number of carbonyl (C=O) groups is 1. The van der Waals surface area contributed by atoms with E-state index in [-0.39, 0.29) is 11.8 Å². The van der Waals surface area contributed by atoms with Gasteiger partial charge in [-0.25, -0.2) is 0 Å². The van der Waals surface area contributed by atoms with Crippen LogP contribution in [0.2, 0.25) is 0 Å². The number of nitrogens with one attached hydrogen (secondary N) is 1. The fourth-order valence-electron chi connectivity index (χ4n) is 2.70. The van der Waals surface area contributed by atoms with Crippen LogP contribution >= 0.6 is 0 Å². The van der Waals surface area contributed by atoms with Crippen molar-refractivity contribution in [2.75, 3.05) is 35.8 Å². The van der Waals surface area contributed by atoms with Crippen molar-refractivity contribution >= 4 is 29.2 Å². The molecule has 1 aromatic heterocycles. The Morgan fingerprint density at radius 1 is 1.20 bits per heavy atom. The van der Waals surface area contributed by atoms with Gasteiger partial charge in [0.1, 0.15) is 5.82 Å². The van der Waals surface area contributed by atoms with E-state index in [2.05, 4.69) is 34.1 Å². The molecule has 1 aromatic carbocycles. The summed E-state index contributed by atoms with van der Waals surface area (Å²) in [5.74, 6) is 2.25. The molecule has 1 aliphatic rings. The Morgan fingerprint density at radius 3 is 2.64 bits per heavy atom. The number of aromatic nitrogens is 3. The molecule has 7 nitrogen and oxygen atoms in total. The molecular formula is C18H24N6O. The predicted molar refractivity (Wildman–Crippen MR) is 99.6 cm³/mol. The molecule has 0 aliphatic carbocycles. The van der Waals surface area contributed by atoms with E-state index in [0.29, 0.717) is 18.3 Å². The smallest absolute Gasteiger partial charge is 0.232 e. The van der Waals surface area contributed by atoms with Crippen LogP contribution in [0.3, 0.4) is 0 Å². The van der Waals surface area contributed by atoms with Crippen molar-refractivity contribution in [3.05, 3.63) is 30.1 Å². The molecule has 1 saturated heterocycles. The molecule has 1 amide bonds. The summed E-state index contributed by atoms with van der Waals surface area (Å²) in [4.78, 5) is 29.1. The van der Waals surface area contributed by atoms with Crippen LogP contribution in [-0.4, -0.2) is 41.5 Å². The van der Waals surface area contributed by atoms with Crippen LogP contribution in [0.1, 0.15) is 38.4 Å². The average Bonchev–Trinajstić information content (AvgIpc) is 3.00. The quantitative estimate of drug-likeness (QED) is 0.902. The molecule has 0 radical (unpaired) electrons. The third-order valence-electron chi connectivity index (χ3n) is 4.04. The van der Waals surface area contributed by atoms with Gasteiger partial charge in [-0.1, -0.05) is 19.9 Å². The maximum Gasteiger partial charge on any atom is 0.232 e. The lowest BCUT2D eigenvalue weighted by Gasteiger charge is -2.17. The van der Waals surface area contributed by atoms with Gasteiger partial charge in [-0.3, -0.25) is 4.79 Å². The normalized spacial score (nSPS) is 14.3. The van der Waals surface area contributed by atoms with Crippen molar-refractivity contribution in [3.63, 3.8) is 0 Å². The van der Waals surface area contributed by atoms with E-state index in [9.17, 15) is 4.79 Å². The Morgan fingerprint density at radius 2 is 2.00 bits per heavy atom. The van der Waals surface area contributed by atoms with Crippen molar-refractivity contribution < 1.29 is 4.79 Å². The summed E-state index contributed by atoms with van der Waals surface area (Å²) >= 11 is 0. The summed E-state index contributed by atoms with van der Waals surface area (Å²) in [6.45, 7) is 4.88. The van der Waals surface area contributed by atoms with Gasteiger partial charge in [0.25, 0.3) is 0 Å². The Bertz CT molecular complexity index is 748. The molecule has 132 valence electrons. The lowest BCUT2D eigenvalue weighted by molar-refractivity contribution is -0.117. The van der Waals surface area contributed by atoms with Crippen LogP contribution in [0.15, 0.2) is 24.3 Å². The highest BCUT2D eigenvalue weighted by Crippen LogP contribution is 2.26. The monoisotopic (exact) mass is 340 g/mol. The van der Waals surface area contributed by atoms with Gasteiger partial charge in [0.2, 0.25) is 17.8 Å². The first-order valence-electron chi connectivity index (χ1n) is 8.55. The standard InChI is InChI=1S/C18H24N6O/c1-12(2)16-20-17(22-18(21-16)23(3)4)19-13-7-5-8-14(11-13)24-10-6-9-15(24)25/h5,7-8,11-12H,6,9-10H2,1-4H3,(H,19,20,21,22). The second-order valence-corrected chi connectivity index (χ2v) is 6.69. The van der Waals surface area contributed by atoms with E-state index in [1.54, 1.807) is 0 Å². The molecule has 3 rings (SSSR count). The summed E-state index contributed by atoms with van der Waals surface area (Å²) in [6.07, 6.45) is 1.53. The molecule has 1 fully saturated rings. The number of nitrogens with zero attached hydrogens (tertiary/aromatic N) is 5. The highest BCUT2D eigenvalue weighted by molar-refractivity contribution is 5.95. The van der Waals surface area contributed by atoms with Gasteiger partial charge in [-0.05, 0) is 24.6 Å². The highest BCUT2D eigenvalue weighted by atomic mass is 16.2. The van der Waals surface area contributed by atoms with Crippen molar-refractivity contribution in [3.8, 4) is 0 Å². The Labute approximate surface area is 148 Å². The van der Waals surface area contributed by atoms with Gasteiger partial charge >= 0.3 is 0 Å². The number of rotatable bonds is 5. The summed E-state index contributed by atoms with van der Waals surface area (Å²) in [5.41, 5.74) is 1.75. The molecule has 7 heteroatoms. The zero-order chi connectivity index (χ0) is 18.0. The minimum Gasteiger partial charge on any atom is -0.347 e. The minimum absolute atomic E-state index is 0.175. The molecule has 0 atom stereocenters. The zero-order valence-electron chi connectivity index (χ0n) is 15.2. The lowest BCUT2D eigenvalue weighted by atomic mass is 10.2. The first kappa shape index (κ1) is 17.1. The number of hydrogen-bond acceptors (Lipinski definition) is 6. The topological polar surface area (TPSA) is 74.2 Å². The molecule has 1 aliphatic heterocycles. The Hall–Kier alpha value is -2.70. The molecule has 1 N–H and O–H groups in total. The van der Waals surface area contributed by atoms with Gasteiger partial charge in [-0.2, -0.15) is 15.0 Å². The molecule has 0 spiro atoms.